The normalized spacial score (nSPS) is 40.9. The smallest absolute Gasteiger partial charge is 0.211 e. The lowest BCUT2D eigenvalue weighted by Gasteiger charge is -2.26. The van der Waals surface area contributed by atoms with Crippen molar-refractivity contribution in [3.63, 3.8) is 0 Å². The molecule has 0 aromatic heterocycles. The third-order valence-electron chi connectivity index (χ3n) is 3.91. The van der Waals surface area contributed by atoms with E-state index in [1.54, 1.807) is 6.92 Å². The largest absolute Gasteiger partial charge is 0.228 e. The molecule has 0 aromatic carbocycles. The summed E-state index contributed by atoms with van der Waals surface area (Å²) in [5, 5.41) is 4.83. The zero-order valence-corrected chi connectivity index (χ0v) is 8.76. The van der Waals surface area contributed by atoms with Crippen molar-refractivity contribution in [2.75, 3.05) is 0 Å². The van der Waals surface area contributed by atoms with Gasteiger partial charge in [0, 0.05) is 0 Å². The maximum absolute atomic E-state index is 11.2. The van der Waals surface area contributed by atoms with Gasteiger partial charge in [-0.1, -0.05) is 6.42 Å². The Labute approximate surface area is 79.7 Å². The number of rotatable bonds is 2. The van der Waals surface area contributed by atoms with Crippen LogP contribution in [0.25, 0.3) is 0 Å². The predicted octanol–water partition coefficient (Wildman–Crippen LogP) is 1.10. The standard InChI is InChI=1S/C9H17NO2S/c1-6(13(10,11)12)9-5-7-2-3-8(9)4-7/h6-9H,2-5H2,1H3,(H2,10,11,12). The molecule has 4 atom stereocenters. The van der Waals surface area contributed by atoms with Crippen LogP contribution < -0.4 is 5.14 Å². The summed E-state index contributed by atoms with van der Waals surface area (Å²) in [5.74, 6) is 1.77. The summed E-state index contributed by atoms with van der Waals surface area (Å²) in [7, 11) is -3.31. The molecule has 0 radical (unpaired) electrons. The van der Waals surface area contributed by atoms with Gasteiger partial charge in [-0.3, -0.25) is 0 Å². The van der Waals surface area contributed by atoms with E-state index in [0.29, 0.717) is 11.8 Å². The van der Waals surface area contributed by atoms with Crippen LogP contribution in [-0.4, -0.2) is 13.7 Å². The number of nitrogens with two attached hydrogens (primary N) is 1. The van der Waals surface area contributed by atoms with Crippen LogP contribution in [0.2, 0.25) is 0 Å². The van der Waals surface area contributed by atoms with E-state index in [1.165, 1.54) is 19.3 Å². The Morgan fingerprint density at radius 1 is 1.31 bits per heavy atom. The fourth-order valence-corrected chi connectivity index (χ4v) is 3.93. The van der Waals surface area contributed by atoms with E-state index in [4.69, 9.17) is 5.14 Å². The minimum Gasteiger partial charge on any atom is -0.228 e. The first-order valence-electron chi connectivity index (χ1n) is 5.00. The molecule has 76 valence electrons. The number of fused-ring (bicyclic) bond motifs is 2. The summed E-state index contributed by atoms with van der Waals surface area (Å²) in [5.41, 5.74) is 0. The molecule has 0 aliphatic heterocycles. The summed E-state index contributed by atoms with van der Waals surface area (Å²) in [6.45, 7) is 1.76. The van der Waals surface area contributed by atoms with Crippen molar-refractivity contribution in [3.05, 3.63) is 0 Å². The third-order valence-corrected chi connectivity index (χ3v) is 5.30. The van der Waals surface area contributed by atoms with Gasteiger partial charge < -0.3 is 0 Å². The van der Waals surface area contributed by atoms with Crippen LogP contribution in [0.5, 0.6) is 0 Å². The Morgan fingerprint density at radius 3 is 2.38 bits per heavy atom. The lowest BCUT2D eigenvalue weighted by Crippen LogP contribution is -2.35. The van der Waals surface area contributed by atoms with Gasteiger partial charge in [-0.05, 0) is 43.9 Å². The molecule has 13 heavy (non-hydrogen) atoms. The van der Waals surface area contributed by atoms with E-state index >= 15 is 0 Å². The van der Waals surface area contributed by atoms with Crippen molar-refractivity contribution in [2.24, 2.45) is 22.9 Å². The molecule has 3 nitrogen and oxygen atoms in total. The van der Waals surface area contributed by atoms with Gasteiger partial charge in [0.2, 0.25) is 10.0 Å². The Kier molecular flexibility index (Phi) is 2.15. The first kappa shape index (κ1) is 9.46. The van der Waals surface area contributed by atoms with Crippen LogP contribution in [0.4, 0.5) is 0 Å². The zero-order chi connectivity index (χ0) is 9.64. The Balaban J connectivity index is 2.11. The van der Waals surface area contributed by atoms with Crippen LogP contribution >= 0.6 is 0 Å². The highest BCUT2D eigenvalue weighted by Crippen LogP contribution is 2.50. The minimum absolute atomic E-state index is 0.331. The molecule has 2 N–H and O–H groups in total. The molecule has 0 spiro atoms. The molecule has 4 heteroatoms. The Bertz CT molecular complexity index is 299. The fraction of sp³-hybridized carbons (Fsp3) is 1.00. The van der Waals surface area contributed by atoms with Gasteiger partial charge in [0.15, 0.2) is 0 Å². The van der Waals surface area contributed by atoms with Gasteiger partial charge in [0.1, 0.15) is 0 Å². The molecule has 2 aliphatic carbocycles. The van der Waals surface area contributed by atoms with Gasteiger partial charge in [-0.25, -0.2) is 13.6 Å². The maximum Gasteiger partial charge on any atom is 0.211 e. The van der Waals surface area contributed by atoms with E-state index in [1.807, 2.05) is 0 Å². The van der Waals surface area contributed by atoms with Gasteiger partial charge in [-0.15, -0.1) is 0 Å². The molecule has 2 fully saturated rings. The molecule has 2 aliphatic rings. The second-order valence-electron chi connectivity index (χ2n) is 4.63. The Morgan fingerprint density at radius 2 is 2.00 bits per heavy atom. The van der Waals surface area contributed by atoms with Crippen molar-refractivity contribution in [2.45, 2.75) is 37.9 Å². The molecule has 2 saturated carbocycles. The van der Waals surface area contributed by atoms with Crippen molar-refractivity contribution in [3.8, 4) is 0 Å². The highest BCUT2D eigenvalue weighted by Gasteiger charge is 2.44. The lowest BCUT2D eigenvalue weighted by atomic mass is 9.87. The summed E-state index contributed by atoms with van der Waals surface area (Å²) >= 11 is 0. The number of hydrogen-bond donors (Lipinski definition) is 1. The van der Waals surface area contributed by atoms with Crippen LogP contribution in [0.3, 0.4) is 0 Å². The predicted molar refractivity (Wildman–Crippen MR) is 51.5 cm³/mol. The van der Waals surface area contributed by atoms with Crippen LogP contribution in [0, 0.1) is 17.8 Å². The first-order chi connectivity index (χ1) is 5.98. The van der Waals surface area contributed by atoms with Crippen LogP contribution in [0.1, 0.15) is 32.6 Å². The van der Waals surface area contributed by atoms with Gasteiger partial charge in [0.25, 0.3) is 0 Å². The zero-order valence-electron chi connectivity index (χ0n) is 7.94. The van der Waals surface area contributed by atoms with E-state index < -0.39 is 10.0 Å². The molecular formula is C9H17NO2S. The Hall–Kier alpha value is -0.0900. The van der Waals surface area contributed by atoms with E-state index in [9.17, 15) is 8.42 Å². The molecule has 0 saturated heterocycles. The van der Waals surface area contributed by atoms with Gasteiger partial charge in [0.05, 0.1) is 5.25 Å². The molecule has 0 amide bonds. The van der Waals surface area contributed by atoms with E-state index in [0.717, 1.165) is 12.3 Å². The maximum atomic E-state index is 11.2. The monoisotopic (exact) mass is 203 g/mol. The quantitative estimate of drug-likeness (QED) is 0.730. The van der Waals surface area contributed by atoms with Crippen molar-refractivity contribution < 1.29 is 8.42 Å². The first-order valence-corrected chi connectivity index (χ1v) is 6.61. The third kappa shape index (κ3) is 1.62. The molecule has 2 rings (SSSR count). The number of sulfonamides is 1. The molecule has 0 aromatic rings. The SMILES string of the molecule is CC(C1CC2CCC1C2)S(N)(=O)=O. The molecule has 0 heterocycles. The number of primary sulfonamides is 1. The highest BCUT2D eigenvalue weighted by molar-refractivity contribution is 7.89. The summed E-state index contributed by atoms with van der Waals surface area (Å²) in [6.07, 6.45) is 4.85. The van der Waals surface area contributed by atoms with Crippen molar-refractivity contribution >= 4 is 10.0 Å². The average Bonchev–Trinajstić information content (AvgIpc) is 2.60. The summed E-state index contributed by atoms with van der Waals surface area (Å²) < 4.78 is 22.3. The highest BCUT2D eigenvalue weighted by atomic mass is 32.2. The van der Waals surface area contributed by atoms with Gasteiger partial charge >= 0.3 is 0 Å². The van der Waals surface area contributed by atoms with Crippen molar-refractivity contribution in [1.29, 1.82) is 0 Å². The topological polar surface area (TPSA) is 60.2 Å². The second kappa shape index (κ2) is 2.95. The molecular weight excluding hydrogens is 186 g/mol. The van der Waals surface area contributed by atoms with Gasteiger partial charge in [-0.2, -0.15) is 0 Å². The summed E-state index contributed by atoms with van der Waals surface area (Å²) in [4.78, 5) is 0. The molecule has 4 unspecified atom stereocenters. The lowest BCUT2D eigenvalue weighted by molar-refractivity contribution is 0.324. The van der Waals surface area contributed by atoms with Crippen LogP contribution in [0.15, 0.2) is 0 Å². The van der Waals surface area contributed by atoms with Crippen molar-refractivity contribution in [1.82, 2.24) is 0 Å². The van der Waals surface area contributed by atoms with E-state index in [2.05, 4.69) is 0 Å². The average molecular weight is 203 g/mol. The number of hydrogen-bond acceptors (Lipinski definition) is 2. The fourth-order valence-electron chi connectivity index (χ4n) is 3.11. The minimum atomic E-state index is -3.31. The van der Waals surface area contributed by atoms with Crippen LogP contribution in [-0.2, 0) is 10.0 Å². The summed E-state index contributed by atoms with van der Waals surface area (Å²) in [6, 6.07) is 0. The van der Waals surface area contributed by atoms with E-state index in [-0.39, 0.29) is 5.25 Å². The second-order valence-corrected chi connectivity index (χ2v) is 6.55. The molecule has 2 bridgehead atoms.